The minimum absolute atomic E-state index is 0.0414. The fourth-order valence-corrected chi connectivity index (χ4v) is 3.02. The lowest BCUT2D eigenvalue weighted by atomic mass is 10.0. The van der Waals surface area contributed by atoms with Crippen LogP contribution in [0.3, 0.4) is 0 Å². The fourth-order valence-electron chi connectivity index (χ4n) is 3.02. The second-order valence-corrected chi connectivity index (χ2v) is 5.98. The van der Waals surface area contributed by atoms with E-state index in [1.54, 1.807) is 0 Å². The number of nitrogens with two attached hydrogens (primary N) is 1. The second kappa shape index (κ2) is 7.02. The van der Waals surface area contributed by atoms with Crippen LogP contribution in [0.2, 0.25) is 0 Å². The lowest BCUT2D eigenvalue weighted by molar-refractivity contribution is -0.124. The number of nitrogens with one attached hydrogen (secondary N) is 1. The number of rotatable bonds is 5. The third-order valence-electron chi connectivity index (χ3n) is 4.31. The molecule has 1 aliphatic rings. The Labute approximate surface area is 125 Å². The maximum Gasteiger partial charge on any atom is 0.237 e. The summed E-state index contributed by atoms with van der Waals surface area (Å²) in [4.78, 5) is 12.2. The topological polar surface area (TPSA) is 95.6 Å². The first-order valence-electron chi connectivity index (χ1n) is 7.41. The molecule has 0 radical (unpaired) electrons. The number of aliphatic hydroxyl groups is 2. The zero-order chi connectivity index (χ0) is 15.4. The number of benzene rings is 1. The van der Waals surface area contributed by atoms with E-state index in [-0.39, 0.29) is 24.3 Å². The number of carbonyl (C=O) groups is 1. The largest absolute Gasteiger partial charge is 0.396 e. The van der Waals surface area contributed by atoms with Gasteiger partial charge in [0.25, 0.3) is 0 Å². The van der Waals surface area contributed by atoms with E-state index in [0.29, 0.717) is 12.8 Å². The first kappa shape index (κ1) is 15.9. The third kappa shape index (κ3) is 3.81. The highest BCUT2D eigenvalue weighted by molar-refractivity contribution is 5.82. The molecule has 0 bridgehead atoms. The van der Waals surface area contributed by atoms with Crippen molar-refractivity contribution < 1.29 is 15.0 Å². The molecule has 1 aliphatic carbocycles. The van der Waals surface area contributed by atoms with Crippen molar-refractivity contribution in [3.05, 3.63) is 35.9 Å². The Morgan fingerprint density at radius 2 is 2.10 bits per heavy atom. The monoisotopic (exact) mass is 292 g/mol. The van der Waals surface area contributed by atoms with Crippen molar-refractivity contribution in [1.82, 2.24) is 5.32 Å². The summed E-state index contributed by atoms with van der Waals surface area (Å²) in [7, 11) is 0. The molecule has 21 heavy (non-hydrogen) atoms. The van der Waals surface area contributed by atoms with Crippen LogP contribution in [-0.4, -0.2) is 40.9 Å². The SMILES string of the molecule is C[C@@H]1C[C@H](CO)[C@H](NC(=O)C(N)Cc2ccccc2)C1O. The van der Waals surface area contributed by atoms with Crippen LogP contribution in [0.15, 0.2) is 30.3 Å². The molecule has 0 spiro atoms. The van der Waals surface area contributed by atoms with Crippen molar-refractivity contribution in [1.29, 1.82) is 0 Å². The molecule has 5 nitrogen and oxygen atoms in total. The second-order valence-electron chi connectivity index (χ2n) is 5.98. The summed E-state index contributed by atoms with van der Waals surface area (Å²) in [6.07, 6.45) is 0.528. The van der Waals surface area contributed by atoms with Crippen LogP contribution >= 0.6 is 0 Å². The van der Waals surface area contributed by atoms with E-state index in [4.69, 9.17) is 5.73 Å². The van der Waals surface area contributed by atoms with Crippen LogP contribution in [0.25, 0.3) is 0 Å². The minimum Gasteiger partial charge on any atom is -0.396 e. The lowest BCUT2D eigenvalue weighted by Gasteiger charge is -2.24. The predicted octanol–water partition coefficient (Wildman–Crippen LogP) is 0.0504. The highest BCUT2D eigenvalue weighted by Gasteiger charge is 2.40. The quantitative estimate of drug-likeness (QED) is 0.617. The van der Waals surface area contributed by atoms with Crippen LogP contribution in [0, 0.1) is 11.8 Å². The van der Waals surface area contributed by atoms with E-state index >= 15 is 0 Å². The smallest absolute Gasteiger partial charge is 0.237 e. The number of hydrogen-bond acceptors (Lipinski definition) is 4. The molecule has 116 valence electrons. The van der Waals surface area contributed by atoms with E-state index < -0.39 is 18.2 Å². The summed E-state index contributed by atoms with van der Waals surface area (Å²) >= 11 is 0. The molecule has 2 rings (SSSR count). The molecular formula is C16H24N2O3. The molecule has 1 saturated carbocycles. The maximum absolute atomic E-state index is 12.2. The van der Waals surface area contributed by atoms with Crippen molar-refractivity contribution in [2.45, 2.75) is 38.0 Å². The fraction of sp³-hybridized carbons (Fsp3) is 0.562. The molecule has 0 aliphatic heterocycles. The van der Waals surface area contributed by atoms with Gasteiger partial charge in [0.05, 0.1) is 18.2 Å². The van der Waals surface area contributed by atoms with Gasteiger partial charge in [0.2, 0.25) is 5.91 Å². The Kier molecular flexibility index (Phi) is 5.33. The molecule has 5 N–H and O–H groups in total. The highest BCUT2D eigenvalue weighted by atomic mass is 16.3. The zero-order valence-electron chi connectivity index (χ0n) is 12.3. The molecule has 5 heteroatoms. The zero-order valence-corrected chi connectivity index (χ0v) is 12.3. The van der Waals surface area contributed by atoms with Crippen LogP contribution < -0.4 is 11.1 Å². The van der Waals surface area contributed by atoms with Gasteiger partial charge in [-0.1, -0.05) is 37.3 Å². The number of aliphatic hydroxyl groups excluding tert-OH is 2. The maximum atomic E-state index is 12.2. The van der Waals surface area contributed by atoms with Crippen LogP contribution in [0.5, 0.6) is 0 Å². The molecular weight excluding hydrogens is 268 g/mol. The van der Waals surface area contributed by atoms with Crippen LogP contribution in [0.4, 0.5) is 0 Å². The van der Waals surface area contributed by atoms with Gasteiger partial charge in [-0.3, -0.25) is 4.79 Å². The number of carbonyl (C=O) groups excluding carboxylic acids is 1. The lowest BCUT2D eigenvalue weighted by Crippen LogP contribution is -2.51. The van der Waals surface area contributed by atoms with E-state index in [2.05, 4.69) is 5.32 Å². The first-order valence-corrected chi connectivity index (χ1v) is 7.41. The van der Waals surface area contributed by atoms with Crippen LogP contribution in [-0.2, 0) is 11.2 Å². The van der Waals surface area contributed by atoms with Crippen molar-refractivity contribution in [3.63, 3.8) is 0 Å². The van der Waals surface area contributed by atoms with Gasteiger partial charge in [0.15, 0.2) is 0 Å². The summed E-state index contributed by atoms with van der Waals surface area (Å²) in [5, 5.41) is 22.3. The normalized spacial score (nSPS) is 30.1. The summed E-state index contributed by atoms with van der Waals surface area (Å²) in [6.45, 7) is 1.88. The van der Waals surface area contributed by atoms with Crippen molar-refractivity contribution >= 4 is 5.91 Å². The van der Waals surface area contributed by atoms with E-state index in [1.807, 2.05) is 37.3 Å². The number of hydrogen-bond donors (Lipinski definition) is 4. The third-order valence-corrected chi connectivity index (χ3v) is 4.31. The van der Waals surface area contributed by atoms with Crippen LogP contribution in [0.1, 0.15) is 18.9 Å². The average molecular weight is 292 g/mol. The molecule has 1 aromatic carbocycles. The Morgan fingerprint density at radius 1 is 1.43 bits per heavy atom. The summed E-state index contributed by atoms with van der Waals surface area (Å²) < 4.78 is 0. The summed E-state index contributed by atoms with van der Waals surface area (Å²) in [6, 6.07) is 8.51. The molecule has 5 atom stereocenters. The highest BCUT2D eigenvalue weighted by Crippen LogP contribution is 2.31. The van der Waals surface area contributed by atoms with E-state index in [1.165, 1.54) is 0 Å². The first-order chi connectivity index (χ1) is 10.0. The Bertz CT molecular complexity index is 466. The van der Waals surface area contributed by atoms with Gasteiger partial charge in [0, 0.05) is 12.5 Å². The Morgan fingerprint density at radius 3 is 2.71 bits per heavy atom. The van der Waals surface area contributed by atoms with Gasteiger partial charge in [-0.15, -0.1) is 0 Å². The van der Waals surface area contributed by atoms with Crippen molar-refractivity contribution in [3.8, 4) is 0 Å². The summed E-state index contributed by atoms with van der Waals surface area (Å²) in [5.41, 5.74) is 6.94. The standard InChI is InChI=1S/C16H24N2O3/c1-10-7-12(9-19)14(15(10)20)18-16(21)13(17)8-11-5-3-2-4-6-11/h2-6,10,12-15,19-20H,7-9,17H2,1H3,(H,18,21)/t10-,12-,13?,14+,15?/m1/s1. The molecule has 1 fully saturated rings. The Hall–Kier alpha value is -1.43. The average Bonchev–Trinajstić information content (AvgIpc) is 2.76. The number of amides is 1. The minimum atomic E-state index is -0.658. The molecule has 0 heterocycles. The van der Waals surface area contributed by atoms with E-state index in [9.17, 15) is 15.0 Å². The molecule has 1 aromatic rings. The molecule has 0 saturated heterocycles. The van der Waals surface area contributed by atoms with Gasteiger partial charge >= 0.3 is 0 Å². The Balaban J connectivity index is 1.94. The van der Waals surface area contributed by atoms with Gasteiger partial charge in [-0.05, 0) is 24.3 Å². The molecule has 2 unspecified atom stereocenters. The van der Waals surface area contributed by atoms with Crippen molar-refractivity contribution in [2.75, 3.05) is 6.61 Å². The van der Waals surface area contributed by atoms with Gasteiger partial charge in [-0.25, -0.2) is 0 Å². The predicted molar refractivity (Wildman–Crippen MR) is 80.4 cm³/mol. The molecule has 1 amide bonds. The summed E-state index contributed by atoms with van der Waals surface area (Å²) in [5.74, 6) is -0.323. The van der Waals surface area contributed by atoms with Gasteiger partial charge in [-0.2, -0.15) is 0 Å². The van der Waals surface area contributed by atoms with Gasteiger partial charge < -0.3 is 21.3 Å². The van der Waals surface area contributed by atoms with Crippen molar-refractivity contribution in [2.24, 2.45) is 17.6 Å². The van der Waals surface area contributed by atoms with E-state index in [0.717, 1.165) is 5.56 Å². The van der Waals surface area contributed by atoms with Gasteiger partial charge in [0.1, 0.15) is 0 Å². The molecule has 0 aromatic heterocycles.